The Hall–Kier alpha value is -1.81. The van der Waals surface area contributed by atoms with Crippen LogP contribution in [0, 0.1) is 11.6 Å². The minimum Gasteiger partial charge on any atom is -0.494 e. The summed E-state index contributed by atoms with van der Waals surface area (Å²) in [7, 11) is 1.41. The van der Waals surface area contributed by atoms with Crippen LogP contribution in [0.1, 0.15) is 18.5 Å². The molecule has 1 N–H and O–H groups in total. The predicted octanol–water partition coefficient (Wildman–Crippen LogP) is 4.80. The number of anilines is 1. The van der Waals surface area contributed by atoms with E-state index in [0.717, 1.165) is 5.56 Å². The smallest absolute Gasteiger partial charge is 0.167 e. The first kappa shape index (κ1) is 14.6. The Morgan fingerprint density at radius 1 is 1.10 bits per heavy atom. The molecule has 1 unspecified atom stereocenters. The summed E-state index contributed by atoms with van der Waals surface area (Å²) in [6.07, 6.45) is 0. The number of halogens is 3. The van der Waals surface area contributed by atoms with Crippen molar-refractivity contribution in [1.82, 2.24) is 0 Å². The van der Waals surface area contributed by atoms with Crippen LogP contribution in [0.25, 0.3) is 0 Å². The van der Waals surface area contributed by atoms with Crippen molar-refractivity contribution in [1.29, 1.82) is 0 Å². The molecular weight excluding hydrogens is 284 g/mol. The van der Waals surface area contributed by atoms with E-state index in [9.17, 15) is 8.78 Å². The molecule has 0 saturated carbocycles. The summed E-state index contributed by atoms with van der Waals surface area (Å²) in [5.41, 5.74) is 1.31. The van der Waals surface area contributed by atoms with Gasteiger partial charge >= 0.3 is 0 Å². The Labute approximate surface area is 121 Å². The standard InChI is InChI=1S/C15H14ClF2NO/c1-9(10-3-5-12(16)13(17)7-10)19-11-4-6-15(20-2)14(18)8-11/h3-9,19H,1-2H3. The van der Waals surface area contributed by atoms with Crippen LogP contribution in [-0.4, -0.2) is 7.11 Å². The number of methoxy groups -OCH3 is 1. The lowest BCUT2D eigenvalue weighted by Gasteiger charge is -2.16. The van der Waals surface area contributed by atoms with Crippen LogP contribution in [-0.2, 0) is 0 Å². The van der Waals surface area contributed by atoms with Gasteiger partial charge in [0.1, 0.15) is 5.82 Å². The van der Waals surface area contributed by atoms with E-state index in [-0.39, 0.29) is 16.8 Å². The molecule has 0 fully saturated rings. The van der Waals surface area contributed by atoms with E-state index in [0.29, 0.717) is 5.69 Å². The fourth-order valence-electron chi connectivity index (χ4n) is 1.87. The molecule has 20 heavy (non-hydrogen) atoms. The van der Waals surface area contributed by atoms with Crippen molar-refractivity contribution in [2.24, 2.45) is 0 Å². The van der Waals surface area contributed by atoms with Crippen LogP contribution >= 0.6 is 11.6 Å². The van der Waals surface area contributed by atoms with Gasteiger partial charge in [-0.3, -0.25) is 0 Å². The highest BCUT2D eigenvalue weighted by molar-refractivity contribution is 6.30. The van der Waals surface area contributed by atoms with Gasteiger partial charge in [0.25, 0.3) is 0 Å². The first-order valence-electron chi connectivity index (χ1n) is 6.06. The van der Waals surface area contributed by atoms with Crippen LogP contribution in [0.4, 0.5) is 14.5 Å². The van der Waals surface area contributed by atoms with Gasteiger partial charge in [0.05, 0.1) is 12.1 Å². The Morgan fingerprint density at radius 3 is 2.45 bits per heavy atom. The second-order valence-corrected chi connectivity index (χ2v) is 4.80. The third-order valence-electron chi connectivity index (χ3n) is 2.98. The molecule has 2 rings (SSSR count). The van der Waals surface area contributed by atoms with Gasteiger partial charge < -0.3 is 10.1 Å². The molecular formula is C15H14ClF2NO. The molecule has 0 spiro atoms. The summed E-state index contributed by atoms with van der Waals surface area (Å²) in [6, 6.07) is 8.97. The lowest BCUT2D eigenvalue weighted by atomic mass is 10.1. The van der Waals surface area contributed by atoms with Crippen LogP contribution in [0.5, 0.6) is 5.75 Å². The molecule has 0 radical (unpaired) electrons. The van der Waals surface area contributed by atoms with Crippen molar-refractivity contribution in [3.63, 3.8) is 0 Å². The highest BCUT2D eigenvalue weighted by atomic mass is 35.5. The van der Waals surface area contributed by atoms with Gasteiger partial charge in [-0.1, -0.05) is 17.7 Å². The van der Waals surface area contributed by atoms with Gasteiger partial charge in [0, 0.05) is 17.8 Å². The monoisotopic (exact) mass is 297 g/mol. The molecule has 0 aromatic heterocycles. The summed E-state index contributed by atoms with van der Waals surface area (Å²) in [4.78, 5) is 0. The van der Waals surface area contributed by atoms with E-state index < -0.39 is 11.6 Å². The number of rotatable bonds is 4. The van der Waals surface area contributed by atoms with Crippen LogP contribution in [0.3, 0.4) is 0 Å². The molecule has 0 amide bonds. The molecule has 0 heterocycles. The maximum atomic E-state index is 13.6. The number of benzene rings is 2. The quantitative estimate of drug-likeness (QED) is 0.875. The van der Waals surface area contributed by atoms with E-state index in [1.165, 1.54) is 31.4 Å². The molecule has 0 bridgehead atoms. The van der Waals surface area contributed by atoms with Gasteiger partial charge in [-0.2, -0.15) is 0 Å². The molecule has 0 aliphatic carbocycles. The van der Waals surface area contributed by atoms with Crippen LogP contribution in [0.15, 0.2) is 36.4 Å². The van der Waals surface area contributed by atoms with Crippen LogP contribution < -0.4 is 10.1 Å². The van der Waals surface area contributed by atoms with Crippen LogP contribution in [0.2, 0.25) is 5.02 Å². The van der Waals surface area contributed by atoms with Gasteiger partial charge in [0.15, 0.2) is 11.6 Å². The maximum Gasteiger partial charge on any atom is 0.167 e. The Balaban J connectivity index is 2.16. The lowest BCUT2D eigenvalue weighted by Crippen LogP contribution is -2.07. The van der Waals surface area contributed by atoms with E-state index >= 15 is 0 Å². The van der Waals surface area contributed by atoms with Crippen molar-refractivity contribution < 1.29 is 13.5 Å². The summed E-state index contributed by atoms with van der Waals surface area (Å²) >= 11 is 5.64. The maximum absolute atomic E-state index is 13.6. The van der Waals surface area contributed by atoms with Gasteiger partial charge in [-0.15, -0.1) is 0 Å². The third kappa shape index (κ3) is 3.20. The summed E-state index contributed by atoms with van der Waals surface area (Å²) in [5, 5.41) is 3.17. The largest absolute Gasteiger partial charge is 0.494 e. The fourth-order valence-corrected chi connectivity index (χ4v) is 1.99. The van der Waals surface area contributed by atoms with Crippen molar-refractivity contribution in [3.8, 4) is 5.75 Å². The number of hydrogen-bond donors (Lipinski definition) is 1. The van der Waals surface area contributed by atoms with Crippen molar-refractivity contribution >= 4 is 17.3 Å². The zero-order valence-corrected chi connectivity index (χ0v) is 11.8. The Kier molecular flexibility index (Phi) is 4.45. The lowest BCUT2D eigenvalue weighted by molar-refractivity contribution is 0.386. The number of ether oxygens (including phenoxy) is 1. The summed E-state index contributed by atoms with van der Waals surface area (Å²) < 4.78 is 31.8. The minimum absolute atomic E-state index is 0.0800. The zero-order valence-electron chi connectivity index (χ0n) is 11.1. The first-order chi connectivity index (χ1) is 9.51. The highest BCUT2D eigenvalue weighted by Gasteiger charge is 2.10. The van der Waals surface area contributed by atoms with E-state index in [1.807, 2.05) is 6.92 Å². The van der Waals surface area contributed by atoms with Crippen molar-refractivity contribution in [2.75, 3.05) is 12.4 Å². The molecule has 2 nitrogen and oxygen atoms in total. The molecule has 0 saturated heterocycles. The first-order valence-corrected chi connectivity index (χ1v) is 6.44. The summed E-state index contributed by atoms with van der Waals surface area (Å²) in [6.45, 7) is 1.85. The third-order valence-corrected chi connectivity index (χ3v) is 3.29. The number of nitrogens with one attached hydrogen (secondary N) is 1. The van der Waals surface area contributed by atoms with Crippen molar-refractivity contribution in [2.45, 2.75) is 13.0 Å². The molecule has 106 valence electrons. The normalized spacial score (nSPS) is 12.1. The average molecular weight is 298 g/mol. The molecule has 0 aliphatic rings. The van der Waals surface area contributed by atoms with Gasteiger partial charge in [-0.25, -0.2) is 8.78 Å². The second-order valence-electron chi connectivity index (χ2n) is 4.39. The Morgan fingerprint density at radius 2 is 1.85 bits per heavy atom. The van der Waals surface area contributed by atoms with Gasteiger partial charge in [-0.05, 0) is 36.8 Å². The van der Waals surface area contributed by atoms with E-state index in [2.05, 4.69) is 5.32 Å². The molecule has 5 heteroatoms. The Bertz CT molecular complexity index is 619. The molecule has 1 atom stereocenters. The summed E-state index contributed by atoms with van der Waals surface area (Å²) in [5.74, 6) is -0.744. The average Bonchev–Trinajstić information content (AvgIpc) is 2.42. The van der Waals surface area contributed by atoms with E-state index in [4.69, 9.17) is 16.3 Å². The molecule has 0 aliphatic heterocycles. The molecule has 2 aromatic rings. The van der Waals surface area contributed by atoms with Crippen molar-refractivity contribution in [3.05, 3.63) is 58.6 Å². The number of hydrogen-bond acceptors (Lipinski definition) is 2. The van der Waals surface area contributed by atoms with E-state index in [1.54, 1.807) is 12.1 Å². The highest BCUT2D eigenvalue weighted by Crippen LogP contribution is 2.26. The van der Waals surface area contributed by atoms with Gasteiger partial charge in [0.2, 0.25) is 0 Å². The topological polar surface area (TPSA) is 21.3 Å². The fraction of sp³-hybridized carbons (Fsp3) is 0.200. The SMILES string of the molecule is COc1ccc(NC(C)c2ccc(Cl)c(F)c2)cc1F. The zero-order chi connectivity index (χ0) is 14.7. The molecule has 2 aromatic carbocycles. The minimum atomic E-state index is -0.473. The second kappa shape index (κ2) is 6.09. The predicted molar refractivity (Wildman–Crippen MR) is 76.4 cm³/mol.